The van der Waals surface area contributed by atoms with Crippen LogP contribution in [-0.4, -0.2) is 33.6 Å². The van der Waals surface area contributed by atoms with Crippen molar-refractivity contribution in [1.29, 1.82) is 0 Å². The smallest absolute Gasteiger partial charge is 0.265 e. The maximum absolute atomic E-state index is 12.4. The lowest BCUT2D eigenvalue weighted by Crippen LogP contribution is -2.57. The summed E-state index contributed by atoms with van der Waals surface area (Å²) in [7, 11) is 0. The van der Waals surface area contributed by atoms with Crippen LogP contribution in [0.4, 0.5) is 0 Å². The second-order valence-corrected chi connectivity index (χ2v) is 7.09. The number of hydrogen-bond donors (Lipinski definition) is 2. The van der Waals surface area contributed by atoms with Gasteiger partial charge in [0.15, 0.2) is 0 Å². The zero-order chi connectivity index (χ0) is 14.7. The number of piperidine rings is 1. The van der Waals surface area contributed by atoms with Crippen molar-refractivity contribution in [3.05, 3.63) is 10.6 Å². The van der Waals surface area contributed by atoms with Gasteiger partial charge >= 0.3 is 0 Å². The van der Waals surface area contributed by atoms with Gasteiger partial charge in [0.05, 0.1) is 5.69 Å². The molecule has 1 atom stereocenters. The maximum atomic E-state index is 12.4. The molecule has 2 aliphatic rings. The van der Waals surface area contributed by atoms with Crippen LogP contribution in [0.5, 0.6) is 0 Å². The van der Waals surface area contributed by atoms with Crippen LogP contribution in [0.15, 0.2) is 0 Å². The van der Waals surface area contributed by atoms with Crippen molar-refractivity contribution in [1.82, 2.24) is 20.2 Å². The Kier molecular flexibility index (Phi) is 4.54. The van der Waals surface area contributed by atoms with E-state index in [4.69, 9.17) is 0 Å². The summed E-state index contributed by atoms with van der Waals surface area (Å²) in [5.41, 5.74) is 1.09. The van der Waals surface area contributed by atoms with Gasteiger partial charge in [-0.25, -0.2) is 0 Å². The Morgan fingerprint density at radius 1 is 1.43 bits per heavy atom. The van der Waals surface area contributed by atoms with Crippen LogP contribution in [0.25, 0.3) is 0 Å². The van der Waals surface area contributed by atoms with Gasteiger partial charge in [0.2, 0.25) is 0 Å². The number of carbonyl (C=O) groups is 1. The SMILES string of the molecule is CCc1nnsc1C(=O)NC1CCNC2(CCCCC2)C1. The molecule has 1 aliphatic carbocycles. The van der Waals surface area contributed by atoms with E-state index < -0.39 is 0 Å². The molecule has 5 nitrogen and oxygen atoms in total. The predicted molar refractivity (Wildman–Crippen MR) is 83.6 cm³/mol. The van der Waals surface area contributed by atoms with Crippen molar-refractivity contribution >= 4 is 17.4 Å². The average Bonchev–Trinajstić information content (AvgIpc) is 2.96. The highest BCUT2D eigenvalue weighted by atomic mass is 32.1. The summed E-state index contributed by atoms with van der Waals surface area (Å²) in [5, 5.41) is 11.0. The third-order valence-corrected chi connectivity index (χ3v) is 5.64. The van der Waals surface area contributed by atoms with Crippen molar-refractivity contribution < 1.29 is 4.79 Å². The van der Waals surface area contributed by atoms with Crippen LogP contribution in [0.3, 0.4) is 0 Å². The summed E-state index contributed by atoms with van der Waals surface area (Å²) in [5.74, 6) is 0.0136. The van der Waals surface area contributed by atoms with E-state index in [2.05, 4.69) is 20.2 Å². The molecule has 1 unspecified atom stereocenters. The van der Waals surface area contributed by atoms with Gasteiger partial charge in [-0.05, 0) is 50.2 Å². The van der Waals surface area contributed by atoms with E-state index in [-0.39, 0.29) is 17.5 Å². The summed E-state index contributed by atoms with van der Waals surface area (Å²) < 4.78 is 3.91. The van der Waals surface area contributed by atoms with Crippen molar-refractivity contribution in [3.63, 3.8) is 0 Å². The fourth-order valence-corrected chi connectivity index (χ4v) is 4.41. The monoisotopic (exact) mass is 308 g/mol. The number of aryl methyl sites for hydroxylation is 1. The molecule has 2 heterocycles. The summed E-state index contributed by atoms with van der Waals surface area (Å²) >= 11 is 1.21. The van der Waals surface area contributed by atoms with E-state index in [1.165, 1.54) is 43.6 Å². The number of hydrogen-bond acceptors (Lipinski definition) is 5. The van der Waals surface area contributed by atoms with Crippen LogP contribution in [0, 0.1) is 0 Å². The minimum atomic E-state index is 0.0136. The normalized spacial score (nSPS) is 24.9. The zero-order valence-corrected chi connectivity index (χ0v) is 13.5. The average molecular weight is 308 g/mol. The van der Waals surface area contributed by atoms with Crippen LogP contribution < -0.4 is 10.6 Å². The zero-order valence-electron chi connectivity index (χ0n) is 12.7. The molecule has 3 rings (SSSR count). The first-order valence-electron chi connectivity index (χ1n) is 8.09. The second-order valence-electron chi connectivity index (χ2n) is 6.33. The Morgan fingerprint density at radius 2 is 2.24 bits per heavy atom. The number of nitrogens with zero attached hydrogens (tertiary/aromatic N) is 2. The Balaban J connectivity index is 1.63. The molecule has 1 amide bonds. The van der Waals surface area contributed by atoms with E-state index in [0.717, 1.165) is 31.5 Å². The van der Waals surface area contributed by atoms with Gasteiger partial charge in [0.1, 0.15) is 4.88 Å². The lowest BCUT2D eigenvalue weighted by atomic mass is 9.75. The van der Waals surface area contributed by atoms with Crippen LogP contribution in [0.1, 0.15) is 67.2 Å². The molecule has 6 heteroatoms. The summed E-state index contributed by atoms with van der Waals surface area (Å²) in [6.45, 7) is 3.02. The Morgan fingerprint density at radius 3 is 3.00 bits per heavy atom. The number of amides is 1. The molecule has 0 radical (unpaired) electrons. The van der Waals surface area contributed by atoms with Gasteiger partial charge in [0, 0.05) is 11.6 Å². The van der Waals surface area contributed by atoms with E-state index in [0.29, 0.717) is 4.88 Å². The fraction of sp³-hybridized carbons (Fsp3) is 0.800. The number of carbonyl (C=O) groups excluding carboxylic acids is 1. The van der Waals surface area contributed by atoms with Gasteiger partial charge < -0.3 is 10.6 Å². The third-order valence-electron chi connectivity index (χ3n) is 4.87. The highest BCUT2D eigenvalue weighted by Gasteiger charge is 2.37. The minimum Gasteiger partial charge on any atom is -0.348 e. The van der Waals surface area contributed by atoms with E-state index in [1.54, 1.807) is 0 Å². The molecule has 2 N–H and O–H groups in total. The predicted octanol–water partition coefficient (Wildman–Crippen LogP) is 2.29. The lowest BCUT2D eigenvalue weighted by molar-refractivity contribution is 0.0895. The molecule has 1 saturated heterocycles. The molecule has 1 spiro atoms. The van der Waals surface area contributed by atoms with Gasteiger partial charge in [0.25, 0.3) is 5.91 Å². The van der Waals surface area contributed by atoms with Crippen molar-refractivity contribution in [2.75, 3.05) is 6.54 Å². The quantitative estimate of drug-likeness (QED) is 0.899. The van der Waals surface area contributed by atoms with E-state index >= 15 is 0 Å². The summed E-state index contributed by atoms with van der Waals surface area (Å²) in [6.07, 6.45) is 9.32. The Bertz CT molecular complexity index is 490. The molecular weight excluding hydrogens is 284 g/mol. The molecule has 1 saturated carbocycles. The fourth-order valence-electron chi connectivity index (χ4n) is 3.75. The highest BCUT2D eigenvalue weighted by molar-refractivity contribution is 7.08. The maximum Gasteiger partial charge on any atom is 0.265 e. The number of nitrogens with one attached hydrogen (secondary N) is 2. The molecule has 116 valence electrons. The first-order chi connectivity index (χ1) is 10.2. The molecule has 1 aromatic rings. The van der Waals surface area contributed by atoms with Gasteiger partial charge in [-0.2, -0.15) is 0 Å². The molecule has 0 bridgehead atoms. The van der Waals surface area contributed by atoms with E-state index in [1.807, 2.05) is 6.92 Å². The third kappa shape index (κ3) is 3.26. The van der Waals surface area contributed by atoms with Crippen LogP contribution >= 0.6 is 11.5 Å². The van der Waals surface area contributed by atoms with E-state index in [9.17, 15) is 4.79 Å². The molecule has 21 heavy (non-hydrogen) atoms. The van der Waals surface area contributed by atoms with Crippen LogP contribution in [-0.2, 0) is 6.42 Å². The van der Waals surface area contributed by atoms with Crippen molar-refractivity contribution in [2.45, 2.75) is 69.9 Å². The van der Waals surface area contributed by atoms with Crippen molar-refractivity contribution in [3.8, 4) is 0 Å². The molecular formula is C15H24N4OS. The largest absolute Gasteiger partial charge is 0.348 e. The summed E-state index contributed by atoms with van der Waals surface area (Å²) in [4.78, 5) is 13.1. The summed E-state index contributed by atoms with van der Waals surface area (Å²) in [6, 6.07) is 0.281. The molecule has 1 aromatic heterocycles. The first kappa shape index (κ1) is 14.9. The molecule has 2 fully saturated rings. The number of rotatable bonds is 3. The van der Waals surface area contributed by atoms with Crippen molar-refractivity contribution in [2.24, 2.45) is 0 Å². The Labute approximate surface area is 130 Å². The van der Waals surface area contributed by atoms with Gasteiger partial charge in [-0.1, -0.05) is 30.7 Å². The highest BCUT2D eigenvalue weighted by Crippen LogP contribution is 2.34. The molecule has 0 aromatic carbocycles. The standard InChI is InChI=1S/C15H24N4OS/c1-2-12-13(21-19-18-12)14(20)17-11-6-9-16-15(10-11)7-4-3-5-8-15/h11,16H,2-10H2,1H3,(H,17,20). The topological polar surface area (TPSA) is 66.9 Å². The Hall–Kier alpha value is -1.01. The number of aromatic nitrogens is 2. The lowest BCUT2D eigenvalue weighted by Gasteiger charge is -2.44. The second kappa shape index (κ2) is 6.40. The van der Waals surface area contributed by atoms with Gasteiger partial charge in [-0.15, -0.1) is 5.10 Å². The molecule has 1 aliphatic heterocycles. The first-order valence-corrected chi connectivity index (χ1v) is 8.87. The van der Waals surface area contributed by atoms with Gasteiger partial charge in [-0.3, -0.25) is 4.79 Å². The minimum absolute atomic E-state index is 0.0136. The van der Waals surface area contributed by atoms with Crippen LogP contribution in [0.2, 0.25) is 0 Å².